The first kappa shape index (κ1) is 19.8. The van der Waals surface area contributed by atoms with Gasteiger partial charge in [0, 0.05) is 36.1 Å². The summed E-state index contributed by atoms with van der Waals surface area (Å²) in [6.45, 7) is 1.06. The molecule has 4 aromatic heterocycles. The molecule has 33 heavy (non-hydrogen) atoms. The fourth-order valence-electron chi connectivity index (χ4n) is 4.33. The number of fused-ring (bicyclic) bond motifs is 2. The van der Waals surface area contributed by atoms with Crippen molar-refractivity contribution < 1.29 is 9.13 Å². The van der Waals surface area contributed by atoms with Crippen molar-refractivity contribution in [3.05, 3.63) is 79.4 Å². The van der Waals surface area contributed by atoms with E-state index in [1.807, 2.05) is 77.6 Å². The molecule has 5 heterocycles. The van der Waals surface area contributed by atoms with Crippen molar-refractivity contribution in [3.8, 4) is 28.3 Å². The Morgan fingerprint density at radius 2 is 2.00 bits per heavy atom. The number of hydrogen-bond acceptors (Lipinski definition) is 5. The first-order chi connectivity index (χ1) is 16.3. The Morgan fingerprint density at radius 3 is 2.88 bits per heavy atom. The summed E-state index contributed by atoms with van der Waals surface area (Å²) < 4.78 is 22.5. The standard InChI is InChI=1S/C26H22FN5O/c27-20-15-29-11-8-23(20)33-24-5-1-3-17-6-7-21(31-26(17)24)22-16-30-25-13-18(9-12-32(22)25)19-4-2-10-28-14-19/h1-7,9-10,12-14,16,20,23,29H,8,11,15H2/t20-,23?/m0/s1. The van der Waals surface area contributed by atoms with Gasteiger partial charge in [-0.05, 0) is 48.9 Å². The van der Waals surface area contributed by atoms with Crippen LogP contribution in [0.2, 0.25) is 0 Å². The maximum Gasteiger partial charge on any atom is 0.149 e. The van der Waals surface area contributed by atoms with Gasteiger partial charge in [-0.25, -0.2) is 14.4 Å². The first-order valence-electron chi connectivity index (χ1n) is 11.1. The molecule has 0 bridgehead atoms. The van der Waals surface area contributed by atoms with Crippen LogP contribution in [0.15, 0.2) is 79.4 Å². The maximum absolute atomic E-state index is 14.3. The Balaban J connectivity index is 1.39. The van der Waals surface area contributed by atoms with Crippen molar-refractivity contribution in [2.24, 2.45) is 0 Å². The second kappa shape index (κ2) is 8.26. The van der Waals surface area contributed by atoms with Crippen molar-refractivity contribution >= 4 is 16.6 Å². The summed E-state index contributed by atoms with van der Waals surface area (Å²) in [5, 5.41) is 4.01. The highest BCUT2D eigenvalue weighted by molar-refractivity contribution is 5.86. The number of nitrogens with one attached hydrogen (secondary N) is 1. The Hall–Kier alpha value is -3.84. The van der Waals surface area contributed by atoms with Gasteiger partial charge in [-0.1, -0.05) is 24.3 Å². The van der Waals surface area contributed by atoms with Gasteiger partial charge in [0.05, 0.1) is 17.6 Å². The van der Waals surface area contributed by atoms with Gasteiger partial charge in [-0.2, -0.15) is 0 Å². The lowest BCUT2D eigenvalue weighted by molar-refractivity contribution is 0.0743. The highest BCUT2D eigenvalue weighted by Gasteiger charge is 2.27. The number of halogens is 1. The van der Waals surface area contributed by atoms with Crippen LogP contribution in [0.25, 0.3) is 39.1 Å². The number of ether oxygens (including phenoxy) is 1. The SMILES string of the molecule is F[C@H]1CNCCC1Oc1cccc2ccc(-c3cnc4cc(-c5cccnc5)ccn34)nc12. The summed E-state index contributed by atoms with van der Waals surface area (Å²) in [6.07, 6.45) is 6.55. The van der Waals surface area contributed by atoms with E-state index in [9.17, 15) is 4.39 Å². The Bertz CT molecular complexity index is 1440. The van der Waals surface area contributed by atoms with Crippen molar-refractivity contribution in [3.63, 3.8) is 0 Å². The molecule has 1 aromatic carbocycles. The van der Waals surface area contributed by atoms with Gasteiger partial charge in [-0.15, -0.1) is 0 Å². The molecule has 1 fully saturated rings. The largest absolute Gasteiger partial charge is 0.485 e. The fraction of sp³-hybridized carbons (Fsp3) is 0.192. The summed E-state index contributed by atoms with van der Waals surface area (Å²) in [4.78, 5) is 13.7. The summed E-state index contributed by atoms with van der Waals surface area (Å²) in [6, 6.07) is 17.8. The number of piperidine rings is 1. The zero-order valence-electron chi connectivity index (χ0n) is 17.9. The molecule has 6 nitrogen and oxygen atoms in total. The van der Waals surface area contributed by atoms with E-state index in [0.29, 0.717) is 18.7 Å². The van der Waals surface area contributed by atoms with Crippen molar-refractivity contribution in [2.75, 3.05) is 13.1 Å². The number of para-hydroxylation sites is 1. The molecule has 0 amide bonds. The van der Waals surface area contributed by atoms with Crippen LogP contribution in [0.5, 0.6) is 5.75 Å². The summed E-state index contributed by atoms with van der Waals surface area (Å²) >= 11 is 0. The number of nitrogens with zero attached hydrogens (tertiary/aromatic N) is 4. The fourth-order valence-corrected chi connectivity index (χ4v) is 4.33. The third-order valence-corrected chi connectivity index (χ3v) is 6.08. The van der Waals surface area contributed by atoms with Gasteiger partial charge in [0.2, 0.25) is 0 Å². The number of hydrogen-bond donors (Lipinski definition) is 1. The molecular weight excluding hydrogens is 417 g/mol. The quantitative estimate of drug-likeness (QED) is 0.440. The van der Waals surface area contributed by atoms with E-state index in [0.717, 1.165) is 45.6 Å². The summed E-state index contributed by atoms with van der Waals surface area (Å²) in [5.41, 5.74) is 5.30. The molecule has 0 spiro atoms. The smallest absolute Gasteiger partial charge is 0.149 e. The van der Waals surface area contributed by atoms with Crippen LogP contribution in [0.1, 0.15) is 6.42 Å². The molecule has 0 aliphatic carbocycles. The van der Waals surface area contributed by atoms with Gasteiger partial charge in [-0.3, -0.25) is 9.38 Å². The molecule has 1 N–H and O–H groups in total. The van der Waals surface area contributed by atoms with Crippen LogP contribution in [0.4, 0.5) is 4.39 Å². The summed E-state index contributed by atoms with van der Waals surface area (Å²) in [7, 11) is 0. The van der Waals surface area contributed by atoms with Crippen LogP contribution >= 0.6 is 0 Å². The maximum atomic E-state index is 14.3. The Morgan fingerprint density at radius 1 is 1.03 bits per heavy atom. The van der Waals surface area contributed by atoms with Gasteiger partial charge >= 0.3 is 0 Å². The third-order valence-electron chi connectivity index (χ3n) is 6.08. The average molecular weight is 439 g/mol. The lowest BCUT2D eigenvalue weighted by Crippen LogP contribution is -2.44. The highest BCUT2D eigenvalue weighted by atomic mass is 19.1. The van der Waals surface area contributed by atoms with E-state index in [-0.39, 0.29) is 0 Å². The monoisotopic (exact) mass is 439 g/mol. The molecule has 0 radical (unpaired) electrons. The van der Waals surface area contributed by atoms with E-state index < -0.39 is 12.3 Å². The second-order valence-corrected chi connectivity index (χ2v) is 8.22. The number of rotatable bonds is 4. The van der Waals surface area contributed by atoms with Gasteiger partial charge in [0.1, 0.15) is 29.2 Å². The molecule has 1 aliphatic rings. The van der Waals surface area contributed by atoms with Crippen LogP contribution in [0, 0.1) is 0 Å². The lowest BCUT2D eigenvalue weighted by Gasteiger charge is -2.27. The van der Waals surface area contributed by atoms with Crippen LogP contribution in [-0.4, -0.2) is 44.7 Å². The number of pyridine rings is 3. The van der Waals surface area contributed by atoms with Crippen LogP contribution < -0.4 is 10.1 Å². The first-order valence-corrected chi connectivity index (χ1v) is 11.1. The minimum Gasteiger partial charge on any atom is -0.485 e. The summed E-state index contributed by atoms with van der Waals surface area (Å²) in [5.74, 6) is 0.608. The zero-order valence-corrected chi connectivity index (χ0v) is 17.9. The van der Waals surface area contributed by atoms with Crippen LogP contribution in [-0.2, 0) is 0 Å². The minimum atomic E-state index is -1.04. The molecule has 0 saturated carbocycles. The molecule has 1 saturated heterocycles. The number of alkyl halides is 1. The number of aromatic nitrogens is 4. The molecule has 2 atom stereocenters. The van der Waals surface area contributed by atoms with E-state index in [1.54, 1.807) is 6.20 Å². The van der Waals surface area contributed by atoms with Gasteiger partial charge < -0.3 is 10.1 Å². The number of benzene rings is 1. The minimum absolute atomic E-state index is 0.316. The second-order valence-electron chi connectivity index (χ2n) is 8.22. The van der Waals surface area contributed by atoms with Crippen molar-refractivity contribution in [2.45, 2.75) is 18.7 Å². The average Bonchev–Trinajstić information content (AvgIpc) is 3.29. The zero-order chi connectivity index (χ0) is 22.2. The Kier molecular flexibility index (Phi) is 4.96. The van der Waals surface area contributed by atoms with E-state index >= 15 is 0 Å². The molecule has 7 heteroatoms. The molecule has 1 aliphatic heterocycles. The van der Waals surface area contributed by atoms with E-state index in [1.165, 1.54) is 0 Å². The molecule has 164 valence electrons. The highest BCUT2D eigenvalue weighted by Crippen LogP contribution is 2.30. The third kappa shape index (κ3) is 3.70. The van der Waals surface area contributed by atoms with Gasteiger partial charge in [0.15, 0.2) is 0 Å². The van der Waals surface area contributed by atoms with Crippen molar-refractivity contribution in [1.82, 2.24) is 24.7 Å². The van der Waals surface area contributed by atoms with E-state index in [2.05, 4.69) is 15.3 Å². The molecule has 5 aromatic rings. The molecular formula is C26H22FN5O. The Labute approximate surface area is 190 Å². The topological polar surface area (TPSA) is 64.3 Å². The van der Waals surface area contributed by atoms with Crippen molar-refractivity contribution in [1.29, 1.82) is 0 Å². The van der Waals surface area contributed by atoms with Crippen LogP contribution in [0.3, 0.4) is 0 Å². The lowest BCUT2D eigenvalue weighted by atomic mass is 10.1. The molecule has 1 unspecified atom stereocenters. The normalized spacial score (nSPS) is 18.6. The molecule has 6 rings (SSSR count). The number of imidazole rings is 1. The predicted octanol–water partition coefficient (Wildman–Crippen LogP) is 4.69. The van der Waals surface area contributed by atoms with E-state index in [4.69, 9.17) is 9.72 Å². The predicted molar refractivity (Wildman–Crippen MR) is 126 cm³/mol. The van der Waals surface area contributed by atoms with Gasteiger partial charge in [0.25, 0.3) is 0 Å².